The van der Waals surface area contributed by atoms with Crippen molar-refractivity contribution in [2.24, 2.45) is 5.16 Å². The Morgan fingerprint density at radius 3 is 3.00 bits per heavy atom. The maximum atomic E-state index is 11.4. The van der Waals surface area contributed by atoms with Crippen LogP contribution in [-0.4, -0.2) is 19.0 Å². The van der Waals surface area contributed by atoms with Crippen LogP contribution < -0.4 is 9.47 Å². The zero-order valence-corrected chi connectivity index (χ0v) is 9.74. The number of hydrogen-bond acceptors (Lipinski definition) is 6. The predicted octanol–water partition coefficient (Wildman–Crippen LogP) is 2.20. The normalized spacial score (nSPS) is 12.8. The molecule has 0 saturated carbocycles. The molecule has 0 aliphatic carbocycles. The standard InChI is InChI=1S/C13H9NO5/c15-13(11-2-1-5-16-11)19-14-7-9-3-4-10-12(6-9)18-8-17-10/h1-7H,8H2/b14-7+. The number of carbonyl (C=O) groups is 1. The fourth-order valence-corrected chi connectivity index (χ4v) is 1.57. The van der Waals surface area contributed by atoms with E-state index in [1.807, 2.05) is 0 Å². The Kier molecular flexibility index (Phi) is 2.89. The van der Waals surface area contributed by atoms with Gasteiger partial charge in [-0.15, -0.1) is 0 Å². The molecule has 6 heteroatoms. The molecule has 96 valence electrons. The summed E-state index contributed by atoms with van der Waals surface area (Å²) < 4.78 is 15.3. The van der Waals surface area contributed by atoms with E-state index in [0.717, 1.165) is 5.56 Å². The Morgan fingerprint density at radius 1 is 1.26 bits per heavy atom. The van der Waals surface area contributed by atoms with Crippen LogP contribution in [0.3, 0.4) is 0 Å². The van der Waals surface area contributed by atoms with Gasteiger partial charge < -0.3 is 18.7 Å². The minimum absolute atomic E-state index is 0.0998. The van der Waals surface area contributed by atoms with E-state index in [4.69, 9.17) is 13.9 Å². The summed E-state index contributed by atoms with van der Waals surface area (Å²) in [6.45, 7) is 0.212. The van der Waals surface area contributed by atoms with Crippen molar-refractivity contribution >= 4 is 12.2 Å². The van der Waals surface area contributed by atoms with E-state index in [1.54, 1.807) is 24.3 Å². The maximum absolute atomic E-state index is 11.4. The van der Waals surface area contributed by atoms with E-state index >= 15 is 0 Å². The maximum Gasteiger partial charge on any atom is 0.400 e. The van der Waals surface area contributed by atoms with Crippen molar-refractivity contribution in [3.05, 3.63) is 47.9 Å². The van der Waals surface area contributed by atoms with Gasteiger partial charge in [-0.2, -0.15) is 0 Å². The second-order valence-corrected chi connectivity index (χ2v) is 3.70. The molecule has 0 spiro atoms. The second kappa shape index (κ2) is 4.85. The molecule has 6 nitrogen and oxygen atoms in total. The lowest BCUT2D eigenvalue weighted by Crippen LogP contribution is -1.98. The molecular weight excluding hydrogens is 250 g/mol. The van der Waals surface area contributed by atoms with Crippen LogP contribution in [0.1, 0.15) is 16.1 Å². The fourth-order valence-electron chi connectivity index (χ4n) is 1.57. The van der Waals surface area contributed by atoms with Gasteiger partial charge >= 0.3 is 5.97 Å². The van der Waals surface area contributed by atoms with Gasteiger partial charge in [-0.3, -0.25) is 0 Å². The summed E-state index contributed by atoms with van der Waals surface area (Å²) >= 11 is 0. The van der Waals surface area contributed by atoms with Crippen molar-refractivity contribution < 1.29 is 23.5 Å². The molecule has 2 aromatic rings. The minimum atomic E-state index is -0.651. The highest BCUT2D eigenvalue weighted by Gasteiger charge is 2.13. The second-order valence-electron chi connectivity index (χ2n) is 3.70. The van der Waals surface area contributed by atoms with Crippen molar-refractivity contribution in [3.63, 3.8) is 0 Å². The number of carbonyl (C=O) groups excluding carboxylic acids is 1. The van der Waals surface area contributed by atoms with E-state index in [-0.39, 0.29) is 12.6 Å². The number of hydrogen-bond donors (Lipinski definition) is 0. The van der Waals surface area contributed by atoms with E-state index in [1.165, 1.54) is 18.5 Å². The zero-order chi connectivity index (χ0) is 13.1. The average Bonchev–Trinajstić information content (AvgIpc) is 3.09. The number of ether oxygens (including phenoxy) is 2. The van der Waals surface area contributed by atoms with Gasteiger partial charge in [0.15, 0.2) is 11.5 Å². The Labute approximate surface area is 108 Å². The summed E-state index contributed by atoms with van der Waals surface area (Å²) in [6, 6.07) is 8.37. The Hall–Kier alpha value is -2.76. The minimum Gasteiger partial charge on any atom is -0.457 e. The molecule has 0 saturated heterocycles. The molecule has 0 N–H and O–H groups in total. The van der Waals surface area contributed by atoms with Crippen molar-refractivity contribution in [2.75, 3.05) is 6.79 Å². The van der Waals surface area contributed by atoms with Gasteiger partial charge in [0.05, 0.1) is 12.5 Å². The first-order valence-corrected chi connectivity index (χ1v) is 5.51. The highest BCUT2D eigenvalue weighted by atomic mass is 16.7. The Balaban J connectivity index is 1.65. The molecule has 19 heavy (non-hydrogen) atoms. The van der Waals surface area contributed by atoms with E-state index in [0.29, 0.717) is 11.5 Å². The van der Waals surface area contributed by atoms with E-state index in [2.05, 4.69) is 9.99 Å². The van der Waals surface area contributed by atoms with Gasteiger partial charge in [0, 0.05) is 5.56 Å². The lowest BCUT2D eigenvalue weighted by Gasteiger charge is -1.97. The van der Waals surface area contributed by atoms with Gasteiger partial charge in [0.25, 0.3) is 0 Å². The van der Waals surface area contributed by atoms with Crippen LogP contribution in [0.25, 0.3) is 0 Å². The van der Waals surface area contributed by atoms with Crippen LogP contribution in [0.2, 0.25) is 0 Å². The number of nitrogens with zero attached hydrogens (tertiary/aromatic N) is 1. The summed E-state index contributed by atoms with van der Waals surface area (Å²) in [5, 5.41) is 3.59. The molecule has 2 heterocycles. The van der Waals surface area contributed by atoms with Crippen molar-refractivity contribution in [3.8, 4) is 11.5 Å². The lowest BCUT2D eigenvalue weighted by molar-refractivity contribution is 0.0483. The fraction of sp³-hybridized carbons (Fsp3) is 0.0769. The average molecular weight is 259 g/mol. The third kappa shape index (κ3) is 2.42. The molecule has 3 rings (SSSR count). The Bertz CT molecular complexity index is 618. The third-order valence-electron chi connectivity index (χ3n) is 2.46. The van der Waals surface area contributed by atoms with Crippen LogP contribution in [-0.2, 0) is 4.84 Å². The third-order valence-corrected chi connectivity index (χ3v) is 2.46. The monoisotopic (exact) mass is 259 g/mol. The summed E-state index contributed by atoms with van der Waals surface area (Å²) in [7, 11) is 0. The van der Waals surface area contributed by atoms with Crippen LogP contribution >= 0.6 is 0 Å². The summed E-state index contributed by atoms with van der Waals surface area (Å²) in [4.78, 5) is 16.1. The number of benzene rings is 1. The molecule has 0 amide bonds. The number of furan rings is 1. The molecular formula is C13H9NO5. The molecule has 0 atom stereocenters. The Morgan fingerprint density at radius 2 is 2.16 bits per heavy atom. The molecule has 1 aromatic carbocycles. The highest BCUT2D eigenvalue weighted by Crippen LogP contribution is 2.31. The van der Waals surface area contributed by atoms with E-state index < -0.39 is 5.97 Å². The molecule has 0 radical (unpaired) electrons. The van der Waals surface area contributed by atoms with Crippen LogP contribution in [0.4, 0.5) is 0 Å². The summed E-state index contributed by atoms with van der Waals surface area (Å²) in [5.41, 5.74) is 0.733. The van der Waals surface area contributed by atoms with Gasteiger partial charge in [0.1, 0.15) is 0 Å². The largest absolute Gasteiger partial charge is 0.457 e. The van der Waals surface area contributed by atoms with Gasteiger partial charge in [-0.05, 0) is 30.3 Å². The quantitative estimate of drug-likeness (QED) is 0.480. The molecule has 0 bridgehead atoms. The molecule has 0 fully saturated rings. The molecule has 1 aliphatic rings. The van der Waals surface area contributed by atoms with Crippen molar-refractivity contribution in [2.45, 2.75) is 0 Å². The first-order chi connectivity index (χ1) is 9.33. The smallest absolute Gasteiger partial charge is 0.400 e. The molecule has 1 aromatic heterocycles. The first kappa shape index (κ1) is 11.3. The van der Waals surface area contributed by atoms with Gasteiger partial charge in [-0.25, -0.2) is 4.79 Å². The summed E-state index contributed by atoms with van der Waals surface area (Å²) in [5.74, 6) is 0.774. The van der Waals surface area contributed by atoms with Crippen LogP contribution in [0.15, 0.2) is 46.2 Å². The van der Waals surface area contributed by atoms with Crippen molar-refractivity contribution in [1.82, 2.24) is 0 Å². The molecule has 0 unspecified atom stereocenters. The van der Waals surface area contributed by atoms with E-state index in [9.17, 15) is 4.79 Å². The van der Waals surface area contributed by atoms with Gasteiger partial charge in [-0.1, -0.05) is 5.16 Å². The zero-order valence-electron chi connectivity index (χ0n) is 9.74. The number of oxime groups is 1. The summed E-state index contributed by atoms with van der Waals surface area (Å²) in [6.07, 6.45) is 2.79. The highest BCUT2D eigenvalue weighted by molar-refractivity contribution is 5.87. The van der Waals surface area contributed by atoms with Gasteiger partial charge in [0.2, 0.25) is 12.6 Å². The SMILES string of the molecule is O=C(O/N=C/c1ccc2c(c1)OCO2)c1ccco1. The number of fused-ring (bicyclic) bond motifs is 1. The number of rotatable bonds is 3. The topological polar surface area (TPSA) is 70.3 Å². The van der Waals surface area contributed by atoms with Crippen molar-refractivity contribution in [1.29, 1.82) is 0 Å². The van der Waals surface area contributed by atoms with Crippen LogP contribution in [0, 0.1) is 0 Å². The first-order valence-electron chi connectivity index (χ1n) is 5.51. The molecule has 1 aliphatic heterocycles. The van der Waals surface area contributed by atoms with Crippen LogP contribution in [0.5, 0.6) is 11.5 Å². The lowest BCUT2D eigenvalue weighted by atomic mass is 10.2. The predicted molar refractivity (Wildman–Crippen MR) is 64.3 cm³/mol.